The van der Waals surface area contributed by atoms with Gasteiger partial charge in [-0.15, -0.1) is 0 Å². The lowest BCUT2D eigenvalue weighted by molar-refractivity contribution is -0.385. The number of hydrogen-bond donors (Lipinski definition) is 1. The molecular weight excluding hydrogens is 342 g/mol. The van der Waals surface area contributed by atoms with Crippen LogP contribution >= 0.6 is 15.9 Å². The van der Waals surface area contributed by atoms with E-state index in [0.29, 0.717) is 10.0 Å². The van der Waals surface area contributed by atoms with Crippen LogP contribution in [0.5, 0.6) is 5.75 Å². The van der Waals surface area contributed by atoms with Gasteiger partial charge in [-0.3, -0.25) is 10.1 Å². The Labute approximate surface area is 128 Å². The summed E-state index contributed by atoms with van der Waals surface area (Å²) in [5.74, 6) is -1.07. The fraction of sp³-hybridized carbons (Fsp3) is 0.0714. The lowest BCUT2D eigenvalue weighted by atomic mass is 10.1. The monoisotopic (exact) mass is 351 g/mol. The Bertz CT molecular complexity index is 674. The second-order valence-electron chi connectivity index (χ2n) is 4.15. The van der Waals surface area contributed by atoms with E-state index in [1.54, 1.807) is 30.3 Å². The number of nitrogens with zero attached hydrogens (tertiary/aromatic N) is 1. The van der Waals surface area contributed by atoms with Crippen LogP contribution < -0.4 is 4.74 Å². The maximum absolute atomic E-state index is 11.3. The van der Waals surface area contributed by atoms with E-state index in [0.717, 1.165) is 0 Å². The molecule has 0 saturated carbocycles. The number of rotatable bonds is 5. The third kappa shape index (κ3) is 3.79. The van der Waals surface area contributed by atoms with Crippen LogP contribution in [-0.2, 0) is 4.79 Å². The number of carboxylic acid groups (broad SMARTS) is 1. The summed E-state index contributed by atoms with van der Waals surface area (Å²) in [6.07, 6.45) is -1.24. The molecule has 2 aromatic rings. The summed E-state index contributed by atoms with van der Waals surface area (Å²) in [6, 6.07) is 12.3. The van der Waals surface area contributed by atoms with Crippen LogP contribution in [0.4, 0.5) is 5.69 Å². The first-order chi connectivity index (χ1) is 9.97. The number of nitro benzene ring substituents is 1. The highest BCUT2D eigenvalue weighted by Crippen LogP contribution is 2.29. The molecule has 2 aromatic carbocycles. The molecule has 7 heteroatoms. The average Bonchev–Trinajstić information content (AvgIpc) is 2.44. The van der Waals surface area contributed by atoms with Crippen molar-refractivity contribution in [3.63, 3.8) is 0 Å². The molecule has 0 aliphatic carbocycles. The van der Waals surface area contributed by atoms with Crippen molar-refractivity contribution in [2.24, 2.45) is 0 Å². The summed E-state index contributed by atoms with van der Waals surface area (Å²) in [5, 5.41) is 20.1. The zero-order valence-corrected chi connectivity index (χ0v) is 12.2. The number of halogens is 1. The minimum absolute atomic E-state index is 0.104. The van der Waals surface area contributed by atoms with E-state index in [4.69, 9.17) is 4.74 Å². The molecule has 0 aliphatic rings. The van der Waals surface area contributed by atoms with Crippen LogP contribution in [0.1, 0.15) is 11.7 Å². The maximum Gasteiger partial charge on any atom is 0.349 e. The van der Waals surface area contributed by atoms with Crippen LogP contribution in [0.2, 0.25) is 0 Å². The van der Waals surface area contributed by atoms with Crippen LogP contribution in [0.15, 0.2) is 53.0 Å². The predicted molar refractivity (Wildman–Crippen MR) is 78.2 cm³/mol. The van der Waals surface area contributed by atoms with Crippen molar-refractivity contribution in [3.05, 3.63) is 68.7 Å². The summed E-state index contributed by atoms with van der Waals surface area (Å²) in [4.78, 5) is 21.6. The minimum atomic E-state index is -1.24. The van der Waals surface area contributed by atoms with E-state index in [2.05, 4.69) is 15.9 Å². The predicted octanol–water partition coefficient (Wildman–Crippen LogP) is 3.56. The van der Waals surface area contributed by atoms with Gasteiger partial charge in [0.2, 0.25) is 6.10 Å². The lowest BCUT2D eigenvalue weighted by Crippen LogP contribution is -2.18. The Hall–Kier alpha value is -2.41. The SMILES string of the molecule is O=C(O)C(Oc1cc(Br)cc([N+](=O)[O-])c1)c1ccccc1. The number of non-ortho nitro benzene ring substituents is 1. The number of aliphatic carboxylic acids is 1. The molecule has 0 spiro atoms. The van der Waals surface area contributed by atoms with Crippen LogP contribution in [-0.4, -0.2) is 16.0 Å². The Morgan fingerprint density at radius 2 is 1.90 bits per heavy atom. The zero-order valence-electron chi connectivity index (χ0n) is 10.6. The van der Waals surface area contributed by atoms with Crippen molar-refractivity contribution < 1.29 is 19.6 Å². The van der Waals surface area contributed by atoms with Crippen molar-refractivity contribution in [2.45, 2.75) is 6.10 Å². The van der Waals surface area contributed by atoms with Gasteiger partial charge in [-0.05, 0) is 6.07 Å². The molecule has 2 rings (SSSR count). The van der Waals surface area contributed by atoms with E-state index < -0.39 is 17.0 Å². The van der Waals surface area contributed by atoms with Gasteiger partial charge in [0.15, 0.2) is 0 Å². The van der Waals surface area contributed by atoms with Crippen molar-refractivity contribution in [1.82, 2.24) is 0 Å². The van der Waals surface area contributed by atoms with Crippen LogP contribution in [0.3, 0.4) is 0 Å². The van der Waals surface area contributed by atoms with Crippen molar-refractivity contribution in [1.29, 1.82) is 0 Å². The zero-order chi connectivity index (χ0) is 15.4. The molecule has 0 aromatic heterocycles. The third-order valence-corrected chi connectivity index (χ3v) is 3.11. The van der Waals surface area contributed by atoms with Crippen LogP contribution in [0.25, 0.3) is 0 Å². The molecular formula is C14H10BrNO5. The first-order valence-electron chi connectivity index (χ1n) is 5.87. The molecule has 0 radical (unpaired) electrons. The summed E-state index contributed by atoms with van der Waals surface area (Å²) >= 11 is 3.13. The molecule has 0 aliphatic heterocycles. The standard InChI is InChI=1S/C14H10BrNO5/c15-10-6-11(16(19)20)8-12(7-10)21-13(14(17)18)9-4-2-1-3-5-9/h1-8,13H,(H,17,18). The molecule has 21 heavy (non-hydrogen) atoms. The van der Waals surface area contributed by atoms with Gasteiger partial charge in [0.1, 0.15) is 5.75 Å². The second-order valence-corrected chi connectivity index (χ2v) is 5.06. The Kier molecular flexibility index (Phi) is 4.54. The second kappa shape index (κ2) is 6.36. The minimum Gasteiger partial charge on any atom is -0.478 e. The van der Waals surface area contributed by atoms with Gasteiger partial charge >= 0.3 is 5.97 Å². The Morgan fingerprint density at radius 1 is 1.24 bits per heavy atom. The summed E-state index contributed by atoms with van der Waals surface area (Å²) in [6.45, 7) is 0. The van der Waals surface area contributed by atoms with E-state index in [1.807, 2.05) is 0 Å². The molecule has 0 saturated heterocycles. The van der Waals surface area contributed by atoms with E-state index in [-0.39, 0.29) is 11.4 Å². The van der Waals surface area contributed by atoms with E-state index in [1.165, 1.54) is 18.2 Å². The van der Waals surface area contributed by atoms with Crippen molar-refractivity contribution >= 4 is 27.6 Å². The third-order valence-electron chi connectivity index (χ3n) is 2.65. The van der Waals surface area contributed by atoms with Crippen molar-refractivity contribution in [2.75, 3.05) is 0 Å². The van der Waals surface area contributed by atoms with Gasteiger partial charge in [-0.25, -0.2) is 4.79 Å². The largest absolute Gasteiger partial charge is 0.478 e. The normalized spacial score (nSPS) is 11.7. The molecule has 0 amide bonds. The van der Waals surface area contributed by atoms with Gasteiger partial charge in [0.05, 0.1) is 11.0 Å². The molecule has 0 bridgehead atoms. The number of benzene rings is 2. The first-order valence-corrected chi connectivity index (χ1v) is 6.66. The van der Waals surface area contributed by atoms with E-state index in [9.17, 15) is 20.0 Å². The Balaban J connectivity index is 2.34. The highest BCUT2D eigenvalue weighted by molar-refractivity contribution is 9.10. The summed E-state index contributed by atoms with van der Waals surface area (Å²) in [7, 11) is 0. The Morgan fingerprint density at radius 3 is 2.48 bits per heavy atom. The van der Waals surface area contributed by atoms with Gasteiger partial charge in [0, 0.05) is 16.1 Å². The molecule has 0 heterocycles. The number of nitro groups is 1. The highest BCUT2D eigenvalue weighted by Gasteiger charge is 2.22. The highest BCUT2D eigenvalue weighted by atomic mass is 79.9. The molecule has 1 atom stereocenters. The molecule has 6 nitrogen and oxygen atoms in total. The topological polar surface area (TPSA) is 89.7 Å². The maximum atomic E-state index is 11.3. The molecule has 0 fully saturated rings. The smallest absolute Gasteiger partial charge is 0.349 e. The van der Waals surface area contributed by atoms with Crippen molar-refractivity contribution in [3.8, 4) is 5.75 Å². The number of carbonyl (C=O) groups is 1. The quantitative estimate of drug-likeness (QED) is 0.656. The average molecular weight is 352 g/mol. The lowest BCUT2D eigenvalue weighted by Gasteiger charge is -2.15. The van der Waals surface area contributed by atoms with Gasteiger partial charge in [-0.2, -0.15) is 0 Å². The van der Waals surface area contributed by atoms with Gasteiger partial charge < -0.3 is 9.84 Å². The number of hydrogen-bond acceptors (Lipinski definition) is 4. The van der Waals surface area contributed by atoms with Crippen LogP contribution in [0, 0.1) is 10.1 Å². The van der Waals surface area contributed by atoms with E-state index >= 15 is 0 Å². The fourth-order valence-electron chi connectivity index (χ4n) is 1.75. The summed E-state index contributed by atoms with van der Waals surface area (Å²) in [5.41, 5.74) is 0.268. The molecule has 108 valence electrons. The molecule has 1 N–H and O–H groups in total. The number of ether oxygens (including phenoxy) is 1. The number of carboxylic acids is 1. The van der Waals surface area contributed by atoms with Gasteiger partial charge in [-0.1, -0.05) is 46.3 Å². The van der Waals surface area contributed by atoms with Gasteiger partial charge in [0.25, 0.3) is 5.69 Å². The first kappa shape index (κ1) is 15.0. The molecule has 1 unspecified atom stereocenters. The summed E-state index contributed by atoms with van der Waals surface area (Å²) < 4.78 is 5.83. The fourth-order valence-corrected chi connectivity index (χ4v) is 2.21.